The summed E-state index contributed by atoms with van der Waals surface area (Å²) >= 11 is 6.89. The summed E-state index contributed by atoms with van der Waals surface area (Å²) in [5.41, 5.74) is 2.70. The van der Waals surface area contributed by atoms with Gasteiger partial charge in [0, 0.05) is 12.6 Å². The van der Waals surface area contributed by atoms with Gasteiger partial charge < -0.3 is 4.90 Å². The minimum Gasteiger partial charge on any atom is -0.368 e. The molecule has 0 saturated heterocycles. The molecule has 0 N–H and O–H groups in total. The summed E-state index contributed by atoms with van der Waals surface area (Å²) < 4.78 is 0. The highest BCUT2D eigenvalue weighted by Crippen LogP contribution is 2.41. The van der Waals surface area contributed by atoms with Crippen LogP contribution in [0.4, 0.5) is 5.69 Å². The van der Waals surface area contributed by atoms with Gasteiger partial charge in [-0.3, -0.25) is 0 Å². The van der Waals surface area contributed by atoms with E-state index < -0.39 is 0 Å². The molecule has 22 heavy (non-hydrogen) atoms. The lowest BCUT2D eigenvalue weighted by molar-refractivity contribution is 0.417. The Labute approximate surface area is 141 Å². The number of benzene rings is 1. The molecule has 0 spiro atoms. The van der Waals surface area contributed by atoms with Gasteiger partial charge in [0.05, 0.1) is 10.7 Å². The van der Waals surface area contributed by atoms with E-state index in [-0.39, 0.29) is 0 Å². The van der Waals surface area contributed by atoms with Crippen LogP contribution in [0.3, 0.4) is 0 Å². The third-order valence-electron chi connectivity index (χ3n) is 5.72. The van der Waals surface area contributed by atoms with Gasteiger partial charge in [-0.15, -0.1) is 0 Å². The Hall–Kier alpha value is -0.690. The van der Waals surface area contributed by atoms with Crippen molar-refractivity contribution in [1.82, 2.24) is 0 Å². The molecule has 0 aliphatic heterocycles. The van der Waals surface area contributed by atoms with Gasteiger partial charge in [0.15, 0.2) is 0 Å². The molecule has 0 heterocycles. The van der Waals surface area contributed by atoms with Crippen molar-refractivity contribution in [2.45, 2.75) is 83.1 Å². The fourth-order valence-electron chi connectivity index (χ4n) is 4.51. The highest BCUT2D eigenvalue weighted by Gasteiger charge is 2.25. The Balaban J connectivity index is 1.85. The number of hydrogen-bond acceptors (Lipinski definition) is 1. The number of anilines is 1. The number of hydrogen-bond donors (Lipinski definition) is 0. The standard InChI is InChI=1S/C20H30ClN/c1-2-22(17-12-7-4-8-13-17)19-15-9-14-18(20(19)21)16-10-5-3-6-11-16/h9,14-17H,2-8,10-13H2,1H3. The molecule has 1 nitrogen and oxygen atoms in total. The predicted octanol–water partition coefficient (Wildman–Crippen LogP) is 6.55. The average molecular weight is 320 g/mol. The van der Waals surface area contributed by atoms with Crippen LogP contribution in [0, 0.1) is 0 Å². The van der Waals surface area contributed by atoms with Gasteiger partial charge in [-0.1, -0.05) is 62.3 Å². The molecule has 2 heteroatoms. The first-order valence-corrected chi connectivity index (χ1v) is 9.74. The molecule has 1 aromatic rings. The van der Waals surface area contributed by atoms with Gasteiger partial charge in [0.25, 0.3) is 0 Å². The molecule has 0 aromatic heterocycles. The van der Waals surface area contributed by atoms with Crippen molar-refractivity contribution in [1.29, 1.82) is 0 Å². The Bertz CT molecular complexity index is 473. The number of nitrogens with zero attached hydrogens (tertiary/aromatic N) is 1. The Kier molecular flexibility index (Phi) is 5.68. The summed E-state index contributed by atoms with van der Waals surface area (Å²) in [6, 6.07) is 7.44. The summed E-state index contributed by atoms with van der Waals surface area (Å²) in [7, 11) is 0. The molecule has 0 amide bonds. The lowest BCUT2D eigenvalue weighted by atomic mass is 9.83. The Morgan fingerprint density at radius 1 is 0.955 bits per heavy atom. The number of halogens is 1. The van der Waals surface area contributed by atoms with Gasteiger partial charge in [-0.25, -0.2) is 0 Å². The van der Waals surface area contributed by atoms with Crippen molar-refractivity contribution in [2.24, 2.45) is 0 Å². The van der Waals surface area contributed by atoms with Gasteiger partial charge in [-0.05, 0) is 50.2 Å². The maximum Gasteiger partial charge on any atom is 0.0674 e. The molecule has 0 unspecified atom stereocenters. The van der Waals surface area contributed by atoms with E-state index >= 15 is 0 Å². The minimum atomic E-state index is 0.686. The second kappa shape index (κ2) is 7.73. The molecule has 0 radical (unpaired) electrons. The summed E-state index contributed by atoms with van der Waals surface area (Å²) in [6.45, 7) is 3.34. The smallest absolute Gasteiger partial charge is 0.0674 e. The van der Waals surface area contributed by atoms with Crippen LogP contribution >= 0.6 is 11.6 Å². The number of rotatable bonds is 4. The van der Waals surface area contributed by atoms with Crippen molar-refractivity contribution in [2.75, 3.05) is 11.4 Å². The SMILES string of the molecule is CCN(c1cccc(C2CCCCC2)c1Cl)C1CCCCC1. The lowest BCUT2D eigenvalue weighted by Gasteiger charge is -2.36. The van der Waals surface area contributed by atoms with Gasteiger partial charge in [0.2, 0.25) is 0 Å². The summed E-state index contributed by atoms with van der Waals surface area (Å²) in [4.78, 5) is 2.58. The Morgan fingerprint density at radius 2 is 1.59 bits per heavy atom. The van der Waals surface area contributed by atoms with E-state index in [0.717, 1.165) is 11.6 Å². The zero-order chi connectivity index (χ0) is 15.4. The van der Waals surface area contributed by atoms with Crippen LogP contribution in [-0.2, 0) is 0 Å². The van der Waals surface area contributed by atoms with E-state index in [2.05, 4.69) is 30.0 Å². The molecular formula is C20H30ClN. The second-order valence-corrected chi connectivity index (χ2v) is 7.47. The first-order chi connectivity index (χ1) is 10.8. The molecule has 1 aromatic carbocycles. The van der Waals surface area contributed by atoms with Crippen LogP contribution in [-0.4, -0.2) is 12.6 Å². The molecule has 0 bridgehead atoms. The van der Waals surface area contributed by atoms with Crippen LogP contribution in [0.5, 0.6) is 0 Å². The van der Waals surface area contributed by atoms with Crippen molar-refractivity contribution in [3.63, 3.8) is 0 Å². The molecule has 0 atom stereocenters. The maximum absolute atomic E-state index is 6.89. The van der Waals surface area contributed by atoms with Gasteiger partial charge >= 0.3 is 0 Å². The van der Waals surface area contributed by atoms with Crippen LogP contribution in [0.15, 0.2) is 18.2 Å². The molecule has 2 fully saturated rings. The topological polar surface area (TPSA) is 3.24 Å². The molecule has 2 aliphatic carbocycles. The highest BCUT2D eigenvalue weighted by atomic mass is 35.5. The van der Waals surface area contributed by atoms with E-state index in [0.29, 0.717) is 12.0 Å². The molecule has 3 rings (SSSR count). The zero-order valence-electron chi connectivity index (χ0n) is 14.0. The van der Waals surface area contributed by atoms with Crippen molar-refractivity contribution < 1.29 is 0 Å². The van der Waals surface area contributed by atoms with E-state index in [9.17, 15) is 0 Å². The molecule has 2 saturated carbocycles. The largest absolute Gasteiger partial charge is 0.368 e. The normalized spacial score (nSPS) is 21.0. The fraction of sp³-hybridized carbons (Fsp3) is 0.700. The van der Waals surface area contributed by atoms with Crippen LogP contribution in [0.25, 0.3) is 0 Å². The maximum atomic E-state index is 6.89. The van der Waals surface area contributed by atoms with Crippen molar-refractivity contribution in [3.05, 3.63) is 28.8 Å². The minimum absolute atomic E-state index is 0.686. The lowest BCUT2D eigenvalue weighted by Crippen LogP contribution is -2.37. The third kappa shape index (κ3) is 3.45. The monoisotopic (exact) mass is 319 g/mol. The van der Waals surface area contributed by atoms with Crippen molar-refractivity contribution >= 4 is 17.3 Å². The third-order valence-corrected chi connectivity index (χ3v) is 6.13. The van der Waals surface area contributed by atoms with E-state index in [1.165, 1.54) is 75.5 Å². The van der Waals surface area contributed by atoms with Crippen LogP contribution < -0.4 is 4.90 Å². The second-order valence-electron chi connectivity index (χ2n) is 7.09. The predicted molar refractivity (Wildman–Crippen MR) is 97.2 cm³/mol. The van der Waals surface area contributed by atoms with E-state index in [1.807, 2.05) is 0 Å². The average Bonchev–Trinajstić information content (AvgIpc) is 2.59. The van der Waals surface area contributed by atoms with Gasteiger partial charge in [0.1, 0.15) is 0 Å². The summed E-state index contributed by atoms with van der Waals surface area (Å²) in [6.07, 6.45) is 13.6. The van der Waals surface area contributed by atoms with Gasteiger partial charge in [-0.2, -0.15) is 0 Å². The zero-order valence-corrected chi connectivity index (χ0v) is 14.7. The first-order valence-electron chi connectivity index (χ1n) is 9.36. The molecule has 2 aliphatic rings. The molecule has 122 valence electrons. The van der Waals surface area contributed by atoms with Crippen molar-refractivity contribution in [3.8, 4) is 0 Å². The fourth-order valence-corrected chi connectivity index (χ4v) is 4.89. The Morgan fingerprint density at radius 3 is 2.23 bits per heavy atom. The van der Waals surface area contributed by atoms with E-state index in [4.69, 9.17) is 11.6 Å². The summed E-state index contributed by atoms with van der Waals surface area (Å²) in [5, 5.41) is 1.04. The first kappa shape index (κ1) is 16.2. The summed E-state index contributed by atoms with van der Waals surface area (Å²) in [5.74, 6) is 0.686. The van der Waals surface area contributed by atoms with Crippen LogP contribution in [0.1, 0.15) is 82.6 Å². The quantitative estimate of drug-likeness (QED) is 0.608. The van der Waals surface area contributed by atoms with E-state index in [1.54, 1.807) is 0 Å². The van der Waals surface area contributed by atoms with Crippen LogP contribution in [0.2, 0.25) is 5.02 Å². The highest BCUT2D eigenvalue weighted by molar-refractivity contribution is 6.34. The molecular weight excluding hydrogens is 290 g/mol.